The molecule has 0 unspecified atom stereocenters. The summed E-state index contributed by atoms with van der Waals surface area (Å²) >= 11 is 0. The van der Waals surface area contributed by atoms with E-state index in [0.717, 1.165) is 44.7 Å². The summed E-state index contributed by atoms with van der Waals surface area (Å²) in [6.45, 7) is 3.77. The Kier molecular flexibility index (Phi) is 4.59. The van der Waals surface area contributed by atoms with E-state index in [1.807, 2.05) is 21.9 Å². The van der Waals surface area contributed by atoms with E-state index in [1.165, 1.54) is 12.8 Å². The van der Waals surface area contributed by atoms with Crippen LogP contribution >= 0.6 is 0 Å². The summed E-state index contributed by atoms with van der Waals surface area (Å²) in [7, 11) is 0. The highest BCUT2D eigenvalue weighted by molar-refractivity contribution is 5.89. The minimum absolute atomic E-state index is 0.138. The van der Waals surface area contributed by atoms with Gasteiger partial charge in [-0.2, -0.15) is 0 Å². The molecular formula is C19H26N4O2. The Hall–Kier alpha value is -2.11. The van der Waals surface area contributed by atoms with Crippen molar-refractivity contribution in [2.45, 2.75) is 38.1 Å². The van der Waals surface area contributed by atoms with Gasteiger partial charge in [-0.25, -0.2) is 0 Å². The number of hydrogen-bond donors (Lipinski definition) is 0. The second-order valence-corrected chi connectivity index (χ2v) is 7.40. The van der Waals surface area contributed by atoms with Crippen molar-refractivity contribution >= 4 is 17.5 Å². The molecule has 3 heterocycles. The van der Waals surface area contributed by atoms with Crippen molar-refractivity contribution in [2.24, 2.45) is 5.92 Å². The van der Waals surface area contributed by atoms with E-state index in [1.54, 1.807) is 12.4 Å². The molecule has 2 saturated heterocycles. The minimum Gasteiger partial charge on any atom is -0.368 e. The van der Waals surface area contributed by atoms with Gasteiger partial charge < -0.3 is 14.7 Å². The molecule has 1 saturated carbocycles. The summed E-state index contributed by atoms with van der Waals surface area (Å²) in [4.78, 5) is 35.5. The number of anilines is 1. The number of carbonyl (C=O) groups is 2. The molecule has 1 aromatic rings. The largest absolute Gasteiger partial charge is 0.368 e. The number of pyridine rings is 1. The fourth-order valence-corrected chi connectivity index (χ4v) is 4.46. The third kappa shape index (κ3) is 3.34. The maximum absolute atomic E-state index is 12.9. The van der Waals surface area contributed by atoms with Crippen LogP contribution in [0, 0.1) is 5.92 Å². The van der Waals surface area contributed by atoms with Gasteiger partial charge in [0, 0.05) is 63.3 Å². The normalized spacial score (nSPS) is 25.0. The van der Waals surface area contributed by atoms with Gasteiger partial charge in [0.05, 0.1) is 5.92 Å². The quantitative estimate of drug-likeness (QED) is 0.836. The minimum atomic E-state index is -0.138. The van der Waals surface area contributed by atoms with Gasteiger partial charge in [0.1, 0.15) is 0 Å². The third-order valence-electron chi connectivity index (χ3n) is 5.89. The van der Waals surface area contributed by atoms with E-state index < -0.39 is 0 Å². The zero-order chi connectivity index (χ0) is 17.2. The Labute approximate surface area is 148 Å². The van der Waals surface area contributed by atoms with Gasteiger partial charge in [-0.3, -0.25) is 14.6 Å². The first kappa shape index (κ1) is 16.4. The number of hydrogen-bond acceptors (Lipinski definition) is 4. The van der Waals surface area contributed by atoms with Crippen molar-refractivity contribution in [3.8, 4) is 0 Å². The number of nitrogens with zero attached hydrogens (tertiary/aromatic N) is 4. The average Bonchev–Trinajstić information content (AvgIpc) is 3.31. The molecule has 25 heavy (non-hydrogen) atoms. The van der Waals surface area contributed by atoms with E-state index in [-0.39, 0.29) is 17.7 Å². The highest BCUT2D eigenvalue weighted by atomic mass is 16.2. The molecule has 4 rings (SSSR count). The lowest BCUT2D eigenvalue weighted by Gasteiger charge is -2.37. The fourth-order valence-electron chi connectivity index (χ4n) is 4.46. The second kappa shape index (κ2) is 7.02. The van der Waals surface area contributed by atoms with Crippen LogP contribution in [0.5, 0.6) is 0 Å². The molecule has 2 aliphatic heterocycles. The lowest BCUT2D eigenvalue weighted by molar-refractivity contribution is -0.136. The lowest BCUT2D eigenvalue weighted by Crippen LogP contribution is -2.50. The number of aromatic nitrogens is 1. The van der Waals surface area contributed by atoms with E-state index in [0.29, 0.717) is 19.0 Å². The van der Waals surface area contributed by atoms with E-state index >= 15 is 0 Å². The molecule has 134 valence electrons. The second-order valence-electron chi connectivity index (χ2n) is 7.40. The Morgan fingerprint density at radius 1 is 1.04 bits per heavy atom. The van der Waals surface area contributed by atoms with Crippen LogP contribution in [0.15, 0.2) is 24.5 Å². The first-order valence-corrected chi connectivity index (χ1v) is 9.45. The Morgan fingerprint density at radius 3 is 2.40 bits per heavy atom. The van der Waals surface area contributed by atoms with Crippen LogP contribution in [-0.4, -0.2) is 65.4 Å². The predicted octanol–water partition coefficient (Wildman–Crippen LogP) is 1.52. The van der Waals surface area contributed by atoms with Crippen LogP contribution in [-0.2, 0) is 9.59 Å². The molecule has 1 aromatic heterocycles. The summed E-state index contributed by atoms with van der Waals surface area (Å²) < 4.78 is 0. The monoisotopic (exact) mass is 342 g/mol. The van der Waals surface area contributed by atoms with Crippen LogP contribution in [0.2, 0.25) is 0 Å². The van der Waals surface area contributed by atoms with E-state index in [4.69, 9.17) is 0 Å². The van der Waals surface area contributed by atoms with Crippen LogP contribution < -0.4 is 4.90 Å². The number of piperazine rings is 1. The van der Waals surface area contributed by atoms with Crippen molar-refractivity contribution in [3.63, 3.8) is 0 Å². The van der Waals surface area contributed by atoms with Gasteiger partial charge in [-0.15, -0.1) is 0 Å². The molecule has 3 fully saturated rings. The van der Waals surface area contributed by atoms with Crippen molar-refractivity contribution in [3.05, 3.63) is 24.5 Å². The van der Waals surface area contributed by atoms with E-state index in [2.05, 4.69) is 9.88 Å². The average molecular weight is 342 g/mol. The molecule has 0 bridgehead atoms. The Bertz CT molecular complexity index is 622. The highest BCUT2D eigenvalue weighted by Gasteiger charge is 2.40. The van der Waals surface area contributed by atoms with Crippen molar-refractivity contribution in [1.82, 2.24) is 14.8 Å². The molecule has 0 aromatic carbocycles. The fraction of sp³-hybridized carbons (Fsp3) is 0.632. The molecule has 1 aliphatic carbocycles. The van der Waals surface area contributed by atoms with Crippen molar-refractivity contribution in [1.29, 1.82) is 0 Å². The summed E-state index contributed by atoms with van der Waals surface area (Å²) in [6.07, 6.45) is 8.64. The zero-order valence-electron chi connectivity index (χ0n) is 14.6. The van der Waals surface area contributed by atoms with Gasteiger partial charge in [0.2, 0.25) is 11.8 Å². The maximum Gasteiger partial charge on any atom is 0.228 e. The molecule has 0 spiro atoms. The third-order valence-corrected chi connectivity index (χ3v) is 5.89. The molecule has 3 aliphatic rings. The van der Waals surface area contributed by atoms with Crippen LogP contribution in [0.4, 0.5) is 5.69 Å². The van der Waals surface area contributed by atoms with Crippen molar-refractivity contribution < 1.29 is 9.59 Å². The van der Waals surface area contributed by atoms with Gasteiger partial charge in [0.15, 0.2) is 0 Å². The maximum atomic E-state index is 12.9. The molecule has 0 radical (unpaired) electrons. The molecule has 6 nitrogen and oxygen atoms in total. The molecule has 2 amide bonds. The molecule has 1 atom stereocenters. The SMILES string of the molecule is O=C([C@@H]1CC(=O)N(C2CCCC2)C1)N1CCN(c2ccncc2)CC1. The van der Waals surface area contributed by atoms with Gasteiger partial charge in [0.25, 0.3) is 0 Å². The predicted molar refractivity (Wildman–Crippen MR) is 95.1 cm³/mol. The van der Waals surface area contributed by atoms with E-state index in [9.17, 15) is 9.59 Å². The van der Waals surface area contributed by atoms with Crippen LogP contribution in [0.3, 0.4) is 0 Å². The number of amides is 2. The topological polar surface area (TPSA) is 56.8 Å². The van der Waals surface area contributed by atoms with Crippen LogP contribution in [0.1, 0.15) is 32.1 Å². The lowest BCUT2D eigenvalue weighted by atomic mass is 10.1. The number of carbonyl (C=O) groups excluding carboxylic acids is 2. The molecular weight excluding hydrogens is 316 g/mol. The van der Waals surface area contributed by atoms with Gasteiger partial charge in [-0.05, 0) is 25.0 Å². The zero-order valence-corrected chi connectivity index (χ0v) is 14.6. The van der Waals surface area contributed by atoms with Gasteiger partial charge in [-0.1, -0.05) is 12.8 Å². The van der Waals surface area contributed by atoms with Gasteiger partial charge >= 0.3 is 0 Å². The summed E-state index contributed by atoms with van der Waals surface area (Å²) in [5.74, 6) is 0.212. The first-order chi connectivity index (χ1) is 12.2. The smallest absolute Gasteiger partial charge is 0.228 e. The first-order valence-electron chi connectivity index (χ1n) is 9.45. The Morgan fingerprint density at radius 2 is 1.72 bits per heavy atom. The standard InChI is InChI=1S/C19H26N4O2/c24-18-13-15(14-23(18)17-3-1-2-4-17)19(25)22-11-9-21(10-12-22)16-5-7-20-8-6-16/h5-8,15,17H,1-4,9-14H2/t15-/m1/s1. The number of rotatable bonds is 3. The summed E-state index contributed by atoms with van der Waals surface area (Å²) in [6, 6.07) is 4.40. The highest BCUT2D eigenvalue weighted by Crippen LogP contribution is 2.30. The van der Waals surface area contributed by atoms with Crippen molar-refractivity contribution in [2.75, 3.05) is 37.6 Å². The van der Waals surface area contributed by atoms with Crippen LogP contribution in [0.25, 0.3) is 0 Å². The number of likely N-dealkylation sites (tertiary alicyclic amines) is 1. The summed E-state index contributed by atoms with van der Waals surface area (Å²) in [5.41, 5.74) is 1.16. The summed E-state index contributed by atoms with van der Waals surface area (Å²) in [5, 5.41) is 0. The molecule has 0 N–H and O–H groups in total. The Balaban J connectivity index is 1.32. The molecule has 6 heteroatoms.